The summed E-state index contributed by atoms with van der Waals surface area (Å²) in [5, 5.41) is 3.02. The zero-order valence-electron chi connectivity index (χ0n) is 7.66. The second kappa shape index (κ2) is 6.59. The van der Waals surface area contributed by atoms with E-state index in [2.05, 4.69) is 22.8 Å². The van der Waals surface area contributed by atoms with E-state index in [9.17, 15) is 0 Å². The van der Waals surface area contributed by atoms with Crippen molar-refractivity contribution in [2.45, 2.75) is 6.42 Å². The van der Waals surface area contributed by atoms with Crippen molar-refractivity contribution in [2.24, 2.45) is 0 Å². The quantitative estimate of drug-likeness (QED) is 0.410. The van der Waals surface area contributed by atoms with Gasteiger partial charge in [0.15, 0.2) is 0 Å². The van der Waals surface area contributed by atoms with Gasteiger partial charge >= 0.3 is 0 Å². The number of rotatable bonds is 4. The van der Waals surface area contributed by atoms with Crippen LogP contribution in [-0.2, 0) is 4.74 Å². The lowest BCUT2D eigenvalue weighted by Gasteiger charge is -2.26. The van der Waals surface area contributed by atoms with Gasteiger partial charge in [0.25, 0.3) is 0 Å². The number of nitrogens with one attached hydrogen (secondary N) is 1. The van der Waals surface area contributed by atoms with Crippen LogP contribution in [0.4, 0.5) is 0 Å². The molecule has 0 atom stereocenters. The topological polar surface area (TPSA) is 24.5 Å². The van der Waals surface area contributed by atoms with Crippen molar-refractivity contribution in [3.05, 3.63) is 0 Å². The first kappa shape index (κ1) is 11.2. The van der Waals surface area contributed by atoms with Gasteiger partial charge in [-0.2, -0.15) is 0 Å². The van der Waals surface area contributed by atoms with Crippen LogP contribution in [0.5, 0.6) is 0 Å². The van der Waals surface area contributed by atoms with E-state index in [-0.39, 0.29) is 0 Å². The highest BCUT2D eigenvalue weighted by atomic mass is 32.1. The van der Waals surface area contributed by atoms with Gasteiger partial charge in [-0.25, -0.2) is 0 Å². The van der Waals surface area contributed by atoms with Crippen molar-refractivity contribution in [3.8, 4) is 0 Å². The van der Waals surface area contributed by atoms with Crippen LogP contribution >= 0.6 is 24.8 Å². The Kier molecular flexibility index (Phi) is 5.70. The minimum Gasteiger partial charge on any atom is -0.379 e. The lowest BCUT2D eigenvalue weighted by atomic mass is 10.3. The molecule has 1 aliphatic heterocycles. The molecule has 5 heteroatoms. The van der Waals surface area contributed by atoms with E-state index in [0.29, 0.717) is 4.32 Å². The zero-order valence-corrected chi connectivity index (χ0v) is 9.37. The molecule has 0 aromatic heterocycles. The third-order valence-electron chi connectivity index (χ3n) is 2.03. The van der Waals surface area contributed by atoms with E-state index in [4.69, 9.17) is 17.0 Å². The Hall–Kier alpha value is 0.160. The van der Waals surface area contributed by atoms with Crippen molar-refractivity contribution in [3.63, 3.8) is 0 Å². The predicted octanol–water partition coefficient (Wildman–Crippen LogP) is 0.513. The van der Waals surface area contributed by atoms with E-state index in [1.165, 1.54) is 0 Å². The Bertz CT molecular complexity index is 160. The lowest BCUT2D eigenvalue weighted by molar-refractivity contribution is 0.0376. The summed E-state index contributed by atoms with van der Waals surface area (Å²) in [5.74, 6) is 0. The smallest absolute Gasteiger partial charge is 0.130 e. The van der Waals surface area contributed by atoms with Crippen LogP contribution in [-0.4, -0.2) is 48.6 Å². The highest BCUT2D eigenvalue weighted by Gasteiger charge is 2.08. The first-order chi connectivity index (χ1) is 6.29. The van der Waals surface area contributed by atoms with Gasteiger partial charge in [-0.3, -0.25) is 4.90 Å². The van der Waals surface area contributed by atoms with Crippen molar-refractivity contribution in [2.75, 3.05) is 39.4 Å². The fraction of sp³-hybridized carbons (Fsp3) is 0.875. The van der Waals surface area contributed by atoms with Crippen LogP contribution in [0.25, 0.3) is 0 Å². The fourth-order valence-corrected chi connectivity index (χ4v) is 1.54. The molecule has 3 nitrogen and oxygen atoms in total. The normalized spacial score (nSPS) is 18.5. The molecule has 1 heterocycles. The Morgan fingerprint density at radius 3 is 2.77 bits per heavy atom. The van der Waals surface area contributed by atoms with Gasteiger partial charge < -0.3 is 10.1 Å². The Morgan fingerprint density at radius 1 is 1.46 bits per heavy atom. The van der Waals surface area contributed by atoms with Gasteiger partial charge in [-0.05, 0) is 13.0 Å². The summed E-state index contributed by atoms with van der Waals surface area (Å²) in [5.41, 5.74) is 0. The van der Waals surface area contributed by atoms with Crippen LogP contribution in [0, 0.1) is 0 Å². The van der Waals surface area contributed by atoms with Gasteiger partial charge in [-0.15, -0.1) is 12.6 Å². The van der Waals surface area contributed by atoms with Crippen LogP contribution in [0.15, 0.2) is 0 Å². The third-order valence-corrected chi connectivity index (χ3v) is 2.33. The molecule has 0 unspecified atom stereocenters. The molecule has 1 rings (SSSR count). The van der Waals surface area contributed by atoms with E-state index in [0.717, 1.165) is 45.8 Å². The van der Waals surface area contributed by atoms with Crippen LogP contribution in [0.3, 0.4) is 0 Å². The highest BCUT2D eigenvalue weighted by Crippen LogP contribution is 1.97. The molecule has 1 aliphatic rings. The van der Waals surface area contributed by atoms with E-state index >= 15 is 0 Å². The van der Waals surface area contributed by atoms with Gasteiger partial charge in [0.1, 0.15) is 4.32 Å². The maximum atomic E-state index is 5.25. The third kappa shape index (κ3) is 5.46. The largest absolute Gasteiger partial charge is 0.379 e. The van der Waals surface area contributed by atoms with Crippen molar-refractivity contribution < 1.29 is 4.74 Å². The SMILES string of the molecule is S=C(S)NCCCN1CCOCC1. The van der Waals surface area contributed by atoms with Gasteiger partial charge in [0.2, 0.25) is 0 Å². The van der Waals surface area contributed by atoms with E-state index in [1.54, 1.807) is 0 Å². The van der Waals surface area contributed by atoms with Crippen LogP contribution in [0.2, 0.25) is 0 Å². The molecule has 13 heavy (non-hydrogen) atoms. The van der Waals surface area contributed by atoms with Crippen molar-refractivity contribution in [1.82, 2.24) is 10.2 Å². The molecule has 76 valence electrons. The number of nitrogens with zero attached hydrogens (tertiary/aromatic N) is 1. The number of morpholine rings is 1. The van der Waals surface area contributed by atoms with Gasteiger partial charge in [-0.1, -0.05) is 12.2 Å². The first-order valence-corrected chi connectivity index (χ1v) is 5.41. The average molecular weight is 220 g/mol. The van der Waals surface area contributed by atoms with Crippen LogP contribution in [0.1, 0.15) is 6.42 Å². The van der Waals surface area contributed by atoms with Crippen LogP contribution < -0.4 is 5.32 Å². The minimum atomic E-state index is 0.585. The molecule has 1 fully saturated rings. The Morgan fingerprint density at radius 2 is 2.15 bits per heavy atom. The van der Waals surface area contributed by atoms with Gasteiger partial charge in [0, 0.05) is 19.6 Å². The summed E-state index contributed by atoms with van der Waals surface area (Å²) >= 11 is 8.77. The fourth-order valence-electron chi connectivity index (χ4n) is 1.32. The molecule has 1 N–H and O–H groups in total. The molecule has 0 spiro atoms. The summed E-state index contributed by atoms with van der Waals surface area (Å²) < 4.78 is 5.84. The number of hydrogen-bond donors (Lipinski definition) is 2. The van der Waals surface area contributed by atoms with E-state index < -0.39 is 0 Å². The summed E-state index contributed by atoms with van der Waals surface area (Å²) in [6.07, 6.45) is 1.11. The first-order valence-electron chi connectivity index (χ1n) is 4.56. The Balaban J connectivity index is 1.95. The Labute approximate surface area is 90.2 Å². The molecule has 0 radical (unpaired) electrons. The van der Waals surface area contributed by atoms with Crippen molar-refractivity contribution >= 4 is 29.2 Å². The molecule has 0 aromatic carbocycles. The summed E-state index contributed by atoms with van der Waals surface area (Å²) in [6.45, 7) is 5.90. The molecular formula is C8H16N2OS2. The van der Waals surface area contributed by atoms with Crippen molar-refractivity contribution in [1.29, 1.82) is 0 Å². The highest BCUT2D eigenvalue weighted by molar-refractivity contribution is 8.11. The average Bonchev–Trinajstić information content (AvgIpc) is 2.14. The standard InChI is InChI=1S/C8H16N2OS2/c12-8(13)9-2-1-3-10-4-6-11-7-5-10/h1-7H2,(H2,9,12,13). The predicted molar refractivity (Wildman–Crippen MR) is 61.5 cm³/mol. The molecule has 0 aromatic rings. The summed E-state index contributed by atoms with van der Waals surface area (Å²) in [7, 11) is 0. The molecule has 0 amide bonds. The second-order valence-electron chi connectivity index (χ2n) is 3.04. The molecule has 0 bridgehead atoms. The second-order valence-corrected chi connectivity index (χ2v) is 4.20. The maximum Gasteiger partial charge on any atom is 0.130 e. The number of thiocarbonyl (C=S) groups is 1. The maximum absolute atomic E-state index is 5.25. The summed E-state index contributed by atoms with van der Waals surface area (Å²) in [4.78, 5) is 2.41. The minimum absolute atomic E-state index is 0.585. The molecular weight excluding hydrogens is 204 g/mol. The number of ether oxygens (including phenoxy) is 1. The van der Waals surface area contributed by atoms with Gasteiger partial charge in [0.05, 0.1) is 13.2 Å². The van der Waals surface area contributed by atoms with E-state index in [1.807, 2.05) is 0 Å². The summed E-state index contributed by atoms with van der Waals surface area (Å²) in [6, 6.07) is 0. The molecule has 0 saturated carbocycles. The molecule has 0 aliphatic carbocycles. The zero-order chi connectivity index (χ0) is 9.52. The number of thiol groups is 1. The lowest BCUT2D eigenvalue weighted by Crippen LogP contribution is -2.37. The molecule has 1 saturated heterocycles. The monoisotopic (exact) mass is 220 g/mol. The number of hydrogen-bond acceptors (Lipinski definition) is 3.